The van der Waals surface area contributed by atoms with Gasteiger partial charge in [0.05, 0.1) is 21.2 Å². The topological polar surface area (TPSA) is 46.4 Å². The van der Waals surface area contributed by atoms with Gasteiger partial charge in [-0.1, -0.05) is 23.7 Å². The van der Waals surface area contributed by atoms with E-state index in [0.29, 0.717) is 30.3 Å². The highest BCUT2D eigenvalue weighted by Gasteiger charge is 2.30. The van der Waals surface area contributed by atoms with Crippen LogP contribution in [0.4, 0.5) is 24.5 Å². The van der Waals surface area contributed by atoms with Gasteiger partial charge in [-0.2, -0.15) is 13.2 Å². The molecule has 0 saturated heterocycles. The molecule has 4 nitrogen and oxygen atoms in total. The van der Waals surface area contributed by atoms with Crippen LogP contribution in [0.15, 0.2) is 42.5 Å². The maximum Gasteiger partial charge on any atom is 0.416 e. The number of hydrogen-bond acceptors (Lipinski definition) is 3. The van der Waals surface area contributed by atoms with Crippen LogP contribution in [-0.4, -0.2) is 11.5 Å². The third-order valence-corrected chi connectivity index (χ3v) is 4.62. The third kappa shape index (κ3) is 4.46. The van der Waals surface area contributed by atoms with Crippen molar-refractivity contribution in [2.45, 2.75) is 25.6 Å². The molecule has 0 amide bonds. The van der Waals surface area contributed by atoms with Gasteiger partial charge < -0.3 is 4.90 Å². The van der Waals surface area contributed by atoms with E-state index in [1.807, 2.05) is 4.90 Å². The maximum absolute atomic E-state index is 12.7. The molecule has 3 rings (SSSR count). The number of nitro groups is 1. The number of rotatable bonds is 6. The van der Waals surface area contributed by atoms with Crippen LogP contribution in [0, 0.1) is 16.0 Å². The molecule has 8 heteroatoms. The lowest BCUT2D eigenvalue weighted by Gasteiger charge is -2.26. The van der Waals surface area contributed by atoms with Gasteiger partial charge in [0.15, 0.2) is 0 Å². The molecule has 0 heterocycles. The summed E-state index contributed by atoms with van der Waals surface area (Å²) in [6, 6.07) is 9.28. The number of halogens is 4. The van der Waals surface area contributed by atoms with Crippen LogP contribution in [0.2, 0.25) is 5.02 Å². The lowest BCUT2D eigenvalue weighted by Crippen LogP contribution is -2.25. The molecule has 2 aromatic carbocycles. The molecule has 0 aromatic heterocycles. The summed E-state index contributed by atoms with van der Waals surface area (Å²) in [5, 5.41) is 11.1. The van der Waals surface area contributed by atoms with E-state index in [9.17, 15) is 23.3 Å². The molecule has 1 aliphatic carbocycles. The van der Waals surface area contributed by atoms with E-state index in [-0.39, 0.29) is 10.7 Å². The fourth-order valence-corrected chi connectivity index (χ4v) is 3.04. The molecule has 0 N–H and O–H groups in total. The zero-order chi connectivity index (χ0) is 18.9. The van der Waals surface area contributed by atoms with Crippen LogP contribution in [0.1, 0.15) is 24.0 Å². The monoisotopic (exact) mass is 384 g/mol. The van der Waals surface area contributed by atoms with Crippen molar-refractivity contribution < 1.29 is 18.1 Å². The SMILES string of the molecule is O=[N+]([O-])c1ccc(N(Cc2ccc(C(F)(F)F)cc2)CC2CC2)c(Cl)c1. The van der Waals surface area contributed by atoms with Crippen LogP contribution >= 0.6 is 11.6 Å². The van der Waals surface area contributed by atoms with Gasteiger partial charge >= 0.3 is 6.18 Å². The lowest BCUT2D eigenvalue weighted by molar-refractivity contribution is -0.384. The van der Waals surface area contributed by atoms with Gasteiger partial charge in [-0.3, -0.25) is 10.1 Å². The Morgan fingerprint density at radius 2 is 1.81 bits per heavy atom. The number of hydrogen-bond donors (Lipinski definition) is 0. The molecule has 1 fully saturated rings. The maximum atomic E-state index is 12.7. The second kappa shape index (κ2) is 7.15. The smallest absolute Gasteiger partial charge is 0.366 e. The van der Waals surface area contributed by atoms with Crippen LogP contribution in [0.25, 0.3) is 0 Å². The quantitative estimate of drug-likeness (QED) is 0.475. The summed E-state index contributed by atoms with van der Waals surface area (Å²) in [6.07, 6.45) is -2.18. The zero-order valence-electron chi connectivity index (χ0n) is 13.7. The molecule has 0 spiro atoms. The van der Waals surface area contributed by atoms with Gasteiger partial charge in [0.25, 0.3) is 5.69 Å². The molecule has 2 aromatic rings. The lowest BCUT2D eigenvalue weighted by atomic mass is 10.1. The molecule has 0 bridgehead atoms. The van der Waals surface area contributed by atoms with E-state index in [2.05, 4.69) is 0 Å². The first kappa shape index (κ1) is 18.5. The highest BCUT2D eigenvalue weighted by molar-refractivity contribution is 6.33. The predicted molar refractivity (Wildman–Crippen MR) is 93.3 cm³/mol. The Morgan fingerprint density at radius 1 is 1.15 bits per heavy atom. The van der Waals surface area contributed by atoms with E-state index < -0.39 is 16.7 Å². The summed E-state index contributed by atoms with van der Waals surface area (Å²) in [7, 11) is 0. The Kier molecular flexibility index (Phi) is 5.09. The summed E-state index contributed by atoms with van der Waals surface area (Å²) in [5.74, 6) is 0.510. The van der Waals surface area contributed by atoms with Crippen molar-refractivity contribution in [3.63, 3.8) is 0 Å². The van der Waals surface area contributed by atoms with E-state index in [1.165, 1.54) is 24.3 Å². The highest BCUT2D eigenvalue weighted by atomic mass is 35.5. The molecule has 0 aliphatic heterocycles. The first-order valence-corrected chi connectivity index (χ1v) is 8.47. The minimum atomic E-state index is -4.37. The van der Waals surface area contributed by atoms with Crippen LogP contribution in [0.5, 0.6) is 0 Å². The fraction of sp³-hybridized carbons (Fsp3) is 0.333. The second-order valence-electron chi connectivity index (χ2n) is 6.41. The van der Waals surface area contributed by atoms with Crippen LogP contribution < -0.4 is 4.90 Å². The normalized spacial score (nSPS) is 14.3. The van der Waals surface area contributed by atoms with Gasteiger partial charge in [0.1, 0.15) is 0 Å². The Bertz CT molecular complexity index is 805. The van der Waals surface area contributed by atoms with Crippen molar-refractivity contribution in [3.05, 3.63) is 68.7 Å². The third-order valence-electron chi connectivity index (χ3n) is 4.31. The molecule has 0 radical (unpaired) electrons. The average Bonchev–Trinajstić information content (AvgIpc) is 3.38. The van der Waals surface area contributed by atoms with Gasteiger partial charge in [-0.25, -0.2) is 0 Å². The molecule has 0 unspecified atom stereocenters. The largest absolute Gasteiger partial charge is 0.416 e. The number of alkyl halides is 3. The van der Waals surface area contributed by atoms with Crippen LogP contribution in [0.3, 0.4) is 0 Å². The van der Waals surface area contributed by atoms with Crippen molar-refractivity contribution in [2.75, 3.05) is 11.4 Å². The van der Waals surface area contributed by atoms with Crippen molar-refractivity contribution in [1.29, 1.82) is 0 Å². The van der Waals surface area contributed by atoms with Gasteiger partial charge in [0, 0.05) is 25.2 Å². The van der Waals surface area contributed by atoms with Crippen molar-refractivity contribution in [1.82, 2.24) is 0 Å². The summed E-state index contributed by atoms with van der Waals surface area (Å²) in [5.41, 5.74) is 0.570. The molecule has 0 atom stereocenters. The van der Waals surface area contributed by atoms with Gasteiger partial charge in [-0.15, -0.1) is 0 Å². The minimum absolute atomic E-state index is 0.0975. The summed E-state index contributed by atoms with van der Waals surface area (Å²) in [4.78, 5) is 12.3. The molecule has 138 valence electrons. The van der Waals surface area contributed by atoms with Gasteiger partial charge in [0.2, 0.25) is 0 Å². The molecule has 1 aliphatic rings. The van der Waals surface area contributed by atoms with E-state index >= 15 is 0 Å². The summed E-state index contributed by atoms with van der Waals surface area (Å²) >= 11 is 6.23. The van der Waals surface area contributed by atoms with Gasteiger partial charge in [-0.05, 0) is 42.5 Å². The fourth-order valence-electron chi connectivity index (χ4n) is 2.75. The number of nitrogens with zero attached hydrogens (tertiary/aromatic N) is 2. The molecule has 26 heavy (non-hydrogen) atoms. The highest BCUT2D eigenvalue weighted by Crippen LogP contribution is 2.36. The Hall–Kier alpha value is -2.28. The summed E-state index contributed by atoms with van der Waals surface area (Å²) < 4.78 is 38.1. The molecule has 1 saturated carbocycles. The molecular formula is C18H16ClF3N2O2. The van der Waals surface area contributed by atoms with E-state index in [4.69, 9.17) is 11.6 Å². The zero-order valence-corrected chi connectivity index (χ0v) is 14.4. The number of benzene rings is 2. The van der Waals surface area contributed by atoms with Crippen molar-refractivity contribution in [2.24, 2.45) is 5.92 Å². The van der Waals surface area contributed by atoms with E-state index in [0.717, 1.165) is 25.0 Å². The van der Waals surface area contributed by atoms with Crippen molar-refractivity contribution in [3.8, 4) is 0 Å². The van der Waals surface area contributed by atoms with Crippen LogP contribution in [-0.2, 0) is 12.7 Å². The molecular weight excluding hydrogens is 369 g/mol. The Morgan fingerprint density at radius 3 is 2.31 bits per heavy atom. The Labute approximate surface area is 153 Å². The number of nitro benzene ring substituents is 1. The Balaban J connectivity index is 1.83. The second-order valence-corrected chi connectivity index (χ2v) is 6.82. The number of non-ortho nitro benzene ring substituents is 1. The standard InChI is InChI=1S/C18H16ClF3N2O2/c19-16-9-15(24(25)26)7-8-17(16)23(10-12-1-2-12)11-13-3-5-14(6-4-13)18(20,21)22/h3-9,12H,1-2,10-11H2. The average molecular weight is 385 g/mol. The first-order valence-electron chi connectivity index (χ1n) is 8.09. The number of anilines is 1. The minimum Gasteiger partial charge on any atom is -0.366 e. The summed E-state index contributed by atoms with van der Waals surface area (Å²) in [6.45, 7) is 1.09. The first-order chi connectivity index (χ1) is 12.2. The van der Waals surface area contributed by atoms with Crippen molar-refractivity contribution >= 4 is 23.0 Å². The van der Waals surface area contributed by atoms with E-state index in [1.54, 1.807) is 6.07 Å². The predicted octanol–water partition coefficient (Wildman–Crippen LogP) is 5.68.